The minimum Gasteiger partial charge on any atom is -0.343 e. The van der Waals surface area contributed by atoms with Crippen molar-refractivity contribution in [2.75, 3.05) is 19.6 Å². The quantitative estimate of drug-likeness (QED) is 0.762. The van der Waals surface area contributed by atoms with Gasteiger partial charge >= 0.3 is 0 Å². The Labute approximate surface area is 163 Å². The molecule has 0 spiro atoms. The molecule has 0 unspecified atom stereocenters. The van der Waals surface area contributed by atoms with Crippen molar-refractivity contribution in [1.82, 2.24) is 19.8 Å². The van der Waals surface area contributed by atoms with Crippen molar-refractivity contribution in [2.45, 2.75) is 89.1 Å². The van der Waals surface area contributed by atoms with Gasteiger partial charge in [0.15, 0.2) is 0 Å². The maximum Gasteiger partial charge on any atom is 0.222 e. The molecule has 148 valence electrons. The van der Waals surface area contributed by atoms with Gasteiger partial charge in [-0.2, -0.15) is 0 Å². The molecular weight excluding hydrogens is 336 g/mol. The zero-order chi connectivity index (χ0) is 18.5. The van der Waals surface area contributed by atoms with Crippen LogP contribution in [-0.2, 0) is 11.3 Å². The van der Waals surface area contributed by atoms with Gasteiger partial charge < -0.3 is 4.90 Å². The Balaban J connectivity index is 1.32. The summed E-state index contributed by atoms with van der Waals surface area (Å²) >= 11 is 0. The van der Waals surface area contributed by atoms with E-state index in [0.717, 1.165) is 51.3 Å². The first-order chi connectivity index (χ1) is 13.3. The van der Waals surface area contributed by atoms with E-state index in [1.807, 2.05) is 0 Å². The van der Waals surface area contributed by atoms with Gasteiger partial charge in [-0.3, -0.25) is 9.69 Å². The van der Waals surface area contributed by atoms with Gasteiger partial charge in [0.1, 0.15) is 5.82 Å². The third-order valence-corrected chi connectivity index (χ3v) is 6.73. The van der Waals surface area contributed by atoms with Crippen LogP contribution in [0.3, 0.4) is 0 Å². The number of nitrogens with zero attached hydrogens (tertiary/aromatic N) is 4. The number of hydrogen-bond acceptors (Lipinski definition) is 4. The van der Waals surface area contributed by atoms with Crippen LogP contribution < -0.4 is 0 Å². The van der Waals surface area contributed by atoms with E-state index in [0.29, 0.717) is 17.9 Å². The van der Waals surface area contributed by atoms with Gasteiger partial charge in [0, 0.05) is 56.0 Å². The van der Waals surface area contributed by atoms with Crippen LogP contribution in [0.1, 0.15) is 87.9 Å². The molecule has 1 saturated carbocycles. The van der Waals surface area contributed by atoms with Gasteiger partial charge in [-0.25, -0.2) is 9.97 Å². The van der Waals surface area contributed by atoms with Gasteiger partial charge in [-0.1, -0.05) is 25.7 Å². The predicted molar refractivity (Wildman–Crippen MR) is 106 cm³/mol. The Morgan fingerprint density at radius 1 is 0.926 bits per heavy atom. The first-order valence-electron chi connectivity index (χ1n) is 11.1. The number of likely N-dealkylation sites (tertiary alicyclic amines) is 2. The molecule has 27 heavy (non-hydrogen) atoms. The standard InChI is InChI=1S/C22H34N4O/c27-21-10-6-13-25(21)14-11-20-9-4-5-12-26(20)17-18-15-23-22(24-16-18)19-7-2-1-3-8-19/h15-16,19-20H,1-14,17H2/t20-/m0/s1. The highest BCUT2D eigenvalue weighted by Gasteiger charge is 2.26. The van der Waals surface area contributed by atoms with Crippen LogP contribution >= 0.6 is 0 Å². The Bertz CT molecular complexity index is 611. The van der Waals surface area contributed by atoms with Crippen LogP contribution in [0.25, 0.3) is 0 Å². The van der Waals surface area contributed by atoms with Crippen molar-refractivity contribution in [1.29, 1.82) is 0 Å². The predicted octanol–water partition coefficient (Wildman–Crippen LogP) is 3.89. The topological polar surface area (TPSA) is 49.3 Å². The summed E-state index contributed by atoms with van der Waals surface area (Å²) in [6.07, 6.45) is 17.4. The van der Waals surface area contributed by atoms with E-state index >= 15 is 0 Å². The number of carbonyl (C=O) groups is 1. The van der Waals surface area contributed by atoms with Crippen molar-refractivity contribution < 1.29 is 4.79 Å². The molecule has 1 amide bonds. The van der Waals surface area contributed by atoms with Crippen molar-refractivity contribution in [3.8, 4) is 0 Å². The van der Waals surface area contributed by atoms with Crippen LogP contribution in [-0.4, -0.2) is 51.4 Å². The number of rotatable bonds is 6. The lowest BCUT2D eigenvalue weighted by atomic mass is 9.89. The van der Waals surface area contributed by atoms with Crippen molar-refractivity contribution in [3.05, 3.63) is 23.8 Å². The third kappa shape index (κ3) is 4.87. The minimum absolute atomic E-state index is 0.351. The summed E-state index contributed by atoms with van der Waals surface area (Å²) in [4.78, 5) is 26.0. The Morgan fingerprint density at radius 3 is 2.44 bits per heavy atom. The number of amides is 1. The summed E-state index contributed by atoms with van der Waals surface area (Å²) in [5.74, 6) is 1.98. The van der Waals surface area contributed by atoms with Crippen LogP contribution in [0.2, 0.25) is 0 Å². The molecule has 4 rings (SSSR count). The van der Waals surface area contributed by atoms with Gasteiger partial charge in [0.05, 0.1) is 0 Å². The molecule has 1 aliphatic carbocycles. The highest BCUT2D eigenvalue weighted by atomic mass is 16.2. The fourth-order valence-electron chi connectivity index (χ4n) is 5.09. The largest absolute Gasteiger partial charge is 0.343 e. The lowest BCUT2D eigenvalue weighted by Gasteiger charge is -2.36. The van der Waals surface area contributed by atoms with Gasteiger partial charge in [0.2, 0.25) is 5.91 Å². The molecule has 1 aromatic rings. The fraction of sp³-hybridized carbons (Fsp3) is 0.773. The Kier molecular flexibility index (Phi) is 6.38. The van der Waals surface area contributed by atoms with Gasteiger partial charge in [0.25, 0.3) is 0 Å². The average Bonchev–Trinajstić information content (AvgIpc) is 3.13. The molecular formula is C22H34N4O. The molecule has 0 aromatic carbocycles. The normalized spacial score (nSPS) is 25.3. The second-order valence-corrected chi connectivity index (χ2v) is 8.68. The summed E-state index contributed by atoms with van der Waals surface area (Å²) in [5, 5.41) is 0. The lowest BCUT2D eigenvalue weighted by molar-refractivity contribution is -0.127. The first-order valence-corrected chi connectivity index (χ1v) is 11.1. The molecule has 1 atom stereocenters. The Morgan fingerprint density at radius 2 is 1.70 bits per heavy atom. The second kappa shape index (κ2) is 9.13. The first kappa shape index (κ1) is 18.9. The van der Waals surface area contributed by atoms with E-state index in [2.05, 4.69) is 22.2 Å². The summed E-state index contributed by atoms with van der Waals surface area (Å²) < 4.78 is 0. The molecule has 3 fully saturated rings. The maximum atomic E-state index is 11.9. The van der Waals surface area contributed by atoms with E-state index in [4.69, 9.17) is 9.97 Å². The Hall–Kier alpha value is -1.49. The third-order valence-electron chi connectivity index (χ3n) is 6.73. The van der Waals surface area contributed by atoms with Crippen molar-refractivity contribution >= 4 is 5.91 Å². The number of aromatic nitrogens is 2. The molecule has 0 N–H and O–H groups in total. The van der Waals surface area contributed by atoms with Crippen molar-refractivity contribution in [3.63, 3.8) is 0 Å². The molecule has 2 saturated heterocycles. The SMILES string of the molecule is O=C1CCCN1CC[C@@H]1CCCCN1Cc1cnc(C2CCCCC2)nc1. The van der Waals surface area contributed by atoms with Crippen molar-refractivity contribution in [2.24, 2.45) is 0 Å². The molecule has 0 bridgehead atoms. The van der Waals surface area contributed by atoms with Gasteiger partial charge in [-0.05, 0) is 45.1 Å². The molecule has 5 heteroatoms. The number of carbonyl (C=O) groups excluding carboxylic acids is 1. The molecule has 3 heterocycles. The monoisotopic (exact) mass is 370 g/mol. The van der Waals surface area contributed by atoms with Crippen LogP contribution in [0.15, 0.2) is 12.4 Å². The van der Waals surface area contributed by atoms with Gasteiger partial charge in [-0.15, -0.1) is 0 Å². The van der Waals surface area contributed by atoms with Crippen LogP contribution in [0, 0.1) is 0 Å². The molecule has 1 aromatic heterocycles. The fourth-order valence-corrected chi connectivity index (χ4v) is 5.09. The van der Waals surface area contributed by atoms with E-state index < -0.39 is 0 Å². The molecule has 3 aliphatic rings. The van der Waals surface area contributed by atoms with E-state index in [1.54, 1.807) is 0 Å². The summed E-state index contributed by atoms with van der Waals surface area (Å²) in [5.41, 5.74) is 1.23. The molecule has 2 aliphatic heterocycles. The smallest absolute Gasteiger partial charge is 0.222 e. The summed E-state index contributed by atoms with van der Waals surface area (Å²) in [6.45, 7) is 3.99. The van der Waals surface area contributed by atoms with Crippen LogP contribution in [0.4, 0.5) is 0 Å². The van der Waals surface area contributed by atoms with E-state index in [-0.39, 0.29) is 0 Å². The zero-order valence-corrected chi connectivity index (χ0v) is 16.6. The summed E-state index contributed by atoms with van der Waals surface area (Å²) in [7, 11) is 0. The second-order valence-electron chi connectivity index (χ2n) is 8.68. The maximum absolute atomic E-state index is 11.9. The highest BCUT2D eigenvalue weighted by Crippen LogP contribution is 2.30. The minimum atomic E-state index is 0.351. The lowest BCUT2D eigenvalue weighted by Crippen LogP contribution is -2.41. The molecule has 0 radical (unpaired) electrons. The zero-order valence-electron chi connectivity index (χ0n) is 16.6. The average molecular weight is 371 g/mol. The molecule has 5 nitrogen and oxygen atoms in total. The number of hydrogen-bond donors (Lipinski definition) is 0. The van der Waals surface area contributed by atoms with E-state index in [9.17, 15) is 4.79 Å². The highest BCUT2D eigenvalue weighted by molar-refractivity contribution is 5.77. The van der Waals surface area contributed by atoms with Crippen LogP contribution in [0.5, 0.6) is 0 Å². The number of piperidine rings is 1. The van der Waals surface area contributed by atoms with E-state index in [1.165, 1.54) is 56.9 Å². The summed E-state index contributed by atoms with van der Waals surface area (Å²) in [6, 6.07) is 0.588.